The van der Waals surface area contributed by atoms with Crippen LogP contribution in [-0.2, 0) is 0 Å². The highest BCUT2D eigenvalue weighted by atomic mass is 35.5. The van der Waals surface area contributed by atoms with E-state index in [4.69, 9.17) is 16.3 Å². The first-order valence-corrected chi connectivity index (χ1v) is 7.36. The average molecular weight is 284 g/mol. The molecule has 1 heterocycles. The molecule has 1 N–H and O–H groups in total. The molecule has 19 heavy (non-hydrogen) atoms. The van der Waals surface area contributed by atoms with Gasteiger partial charge in [-0.15, -0.1) is 0 Å². The van der Waals surface area contributed by atoms with Crippen LogP contribution in [0.1, 0.15) is 24.8 Å². The van der Waals surface area contributed by atoms with E-state index in [2.05, 4.69) is 5.32 Å². The molecular formula is C15H19ClFNO. The van der Waals surface area contributed by atoms with Crippen molar-refractivity contribution in [2.45, 2.75) is 32.3 Å². The van der Waals surface area contributed by atoms with E-state index in [0.29, 0.717) is 22.4 Å². The first-order chi connectivity index (χ1) is 9.16. The normalized spacial score (nSPS) is 24.5. The SMILES string of the molecule is Cc1ccc(Cl)c(OC(C2CC2)[C@H]2CCNC2)c1F. The molecule has 2 fully saturated rings. The monoisotopic (exact) mass is 283 g/mol. The van der Waals surface area contributed by atoms with Gasteiger partial charge in [0, 0.05) is 12.5 Å². The molecule has 3 rings (SSSR count). The average Bonchev–Trinajstić information content (AvgIpc) is 3.09. The van der Waals surface area contributed by atoms with E-state index in [9.17, 15) is 4.39 Å². The molecule has 0 aromatic heterocycles. The molecule has 0 bridgehead atoms. The standard InChI is InChI=1S/C15H19ClFNO/c1-9-2-5-12(16)15(13(9)17)19-14(10-3-4-10)11-6-7-18-8-11/h2,5,10-11,14,18H,3-4,6-8H2,1H3/t11-,14?/m0/s1. The van der Waals surface area contributed by atoms with Crippen LogP contribution in [0.15, 0.2) is 12.1 Å². The maximum atomic E-state index is 14.2. The van der Waals surface area contributed by atoms with Crippen LogP contribution < -0.4 is 10.1 Å². The number of benzene rings is 1. The van der Waals surface area contributed by atoms with Gasteiger partial charge in [0.1, 0.15) is 6.10 Å². The maximum Gasteiger partial charge on any atom is 0.174 e. The van der Waals surface area contributed by atoms with Gasteiger partial charge in [0.25, 0.3) is 0 Å². The third-order valence-electron chi connectivity index (χ3n) is 4.15. The van der Waals surface area contributed by atoms with Gasteiger partial charge in [0.05, 0.1) is 5.02 Å². The second-order valence-electron chi connectivity index (χ2n) is 5.68. The van der Waals surface area contributed by atoms with E-state index in [0.717, 1.165) is 19.5 Å². The minimum atomic E-state index is -0.316. The lowest BCUT2D eigenvalue weighted by atomic mass is 9.97. The zero-order valence-corrected chi connectivity index (χ0v) is 11.8. The van der Waals surface area contributed by atoms with Gasteiger partial charge >= 0.3 is 0 Å². The quantitative estimate of drug-likeness (QED) is 0.912. The summed E-state index contributed by atoms with van der Waals surface area (Å²) in [4.78, 5) is 0. The third-order valence-corrected chi connectivity index (χ3v) is 4.44. The second kappa shape index (κ2) is 5.29. The number of halogens is 2. The predicted molar refractivity (Wildman–Crippen MR) is 74.3 cm³/mol. The Morgan fingerprint density at radius 2 is 2.11 bits per heavy atom. The Bertz CT molecular complexity index is 469. The zero-order chi connectivity index (χ0) is 13.4. The Labute approximate surface area is 118 Å². The van der Waals surface area contributed by atoms with Gasteiger partial charge in [-0.3, -0.25) is 0 Å². The smallest absolute Gasteiger partial charge is 0.174 e. The summed E-state index contributed by atoms with van der Waals surface area (Å²) in [7, 11) is 0. The number of aryl methyl sites for hydroxylation is 1. The van der Waals surface area contributed by atoms with Crippen LogP contribution in [-0.4, -0.2) is 19.2 Å². The zero-order valence-electron chi connectivity index (χ0n) is 11.1. The Morgan fingerprint density at radius 1 is 1.32 bits per heavy atom. The Kier molecular flexibility index (Phi) is 3.68. The molecule has 1 saturated heterocycles. The molecule has 0 radical (unpaired) electrons. The summed E-state index contributed by atoms with van der Waals surface area (Å²) in [5.41, 5.74) is 0.582. The highest BCUT2D eigenvalue weighted by Crippen LogP contribution is 2.41. The van der Waals surface area contributed by atoms with Crippen molar-refractivity contribution in [2.24, 2.45) is 11.8 Å². The molecule has 0 spiro atoms. The van der Waals surface area contributed by atoms with Crippen LogP contribution in [0.3, 0.4) is 0 Å². The van der Waals surface area contributed by atoms with E-state index >= 15 is 0 Å². The molecule has 1 saturated carbocycles. The van der Waals surface area contributed by atoms with Gasteiger partial charge in [-0.2, -0.15) is 0 Å². The van der Waals surface area contributed by atoms with E-state index in [1.54, 1.807) is 19.1 Å². The van der Waals surface area contributed by atoms with Crippen LogP contribution in [0, 0.1) is 24.6 Å². The van der Waals surface area contributed by atoms with E-state index in [1.807, 2.05) is 0 Å². The minimum absolute atomic E-state index is 0.101. The summed E-state index contributed by atoms with van der Waals surface area (Å²) in [5.74, 6) is 0.971. The lowest BCUT2D eigenvalue weighted by Crippen LogP contribution is -2.31. The van der Waals surface area contributed by atoms with E-state index in [-0.39, 0.29) is 17.7 Å². The van der Waals surface area contributed by atoms with E-state index in [1.165, 1.54) is 12.8 Å². The number of ether oxygens (including phenoxy) is 1. The van der Waals surface area contributed by atoms with Gasteiger partial charge in [-0.1, -0.05) is 17.7 Å². The third kappa shape index (κ3) is 2.72. The summed E-state index contributed by atoms with van der Waals surface area (Å²) >= 11 is 6.10. The molecular weight excluding hydrogens is 265 g/mol. The fraction of sp³-hybridized carbons (Fsp3) is 0.600. The van der Waals surface area contributed by atoms with Gasteiger partial charge in [0.15, 0.2) is 11.6 Å². The summed E-state index contributed by atoms with van der Waals surface area (Å²) < 4.78 is 20.2. The Morgan fingerprint density at radius 3 is 2.74 bits per heavy atom. The van der Waals surface area contributed by atoms with Crippen LogP contribution >= 0.6 is 11.6 Å². The molecule has 1 unspecified atom stereocenters. The van der Waals surface area contributed by atoms with Crippen molar-refractivity contribution in [2.75, 3.05) is 13.1 Å². The van der Waals surface area contributed by atoms with Gasteiger partial charge in [-0.25, -0.2) is 4.39 Å². The van der Waals surface area contributed by atoms with Gasteiger partial charge < -0.3 is 10.1 Å². The fourth-order valence-electron chi connectivity index (χ4n) is 2.83. The number of hydrogen-bond acceptors (Lipinski definition) is 2. The molecule has 1 aliphatic heterocycles. The summed E-state index contributed by atoms with van der Waals surface area (Å²) in [5, 5.41) is 3.73. The molecule has 0 amide bonds. The highest BCUT2D eigenvalue weighted by molar-refractivity contribution is 6.32. The molecule has 4 heteroatoms. The second-order valence-corrected chi connectivity index (χ2v) is 6.09. The minimum Gasteiger partial charge on any atom is -0.485 e. The molecule has 1 aromatic rings. The summed E-state index contributed by atoms with van der Waals surface area (Å²) in [6.45, 7) is 3.73. The van der Waals surface area contributed by atoms with Crippen molar-refractivity contribution in [1.29, 1.82) is 0 Å². The molecule has 2 atom stereocenters. The predicted octanol–water partition coefficient (Wildman–Crippen LogP) is 3.55. The van der Waals surface area contributed by atoms with Crippen molar-refractivity contribution in [3.05, 3.63) is 28.5 Å². The fourth-order valence-corrected chi connectivity index (χ4v) is 3.03. The van der Waals surface area contributed by atoms with Crippen LogP contribution in [0.2, 0.25) is 5.02 Å². The van der Waals surface area contributed by atoms with Crippen molar-refractivity contribution in [3.63, 3.8) is 0 Å². The lowest BCUT2D eigenvalue weighted by Gasteiger charge is -2.25. The number of nitrogens with one attached hydrogen (secondary N) is 1. The van der Waals surface area contributed by atoms with Crippen molar-refractivity contribution < 1.29 is 9.13 Å². The van der Waals surface area contributed by atoms with Crippen molar-refractivity contribution in [3.8, 4) is 5.75 Å². The lowest BCUT2D eigenvalue weighted by molar-refractivity contribution is 0.115. The molecule has 2 aliphatic rings. The summed E-state index contributed by atoms with van der Waals surface area (Å²) in [6, 6.07) is 3.40. The van der Waals surface area contributed by atoms with Crippen molar-refractivity contribution in [1.82, 2.24) is 5.32 Å². The molecule has 104 valence electrons. The number of hydrogen-bond donors (Lipinski definition) is 1. The van der Waals surface area contributed by atoms with Gasteiger partial charge in [-0.05, 0) is 50.3 Å². The van der Waals surface area contributed by atoms with Gasteiger partial charge in [0.2, 0.25) is 0 Å². The topological polar surface area (TPSA) is 21.3 Å². The first kappa shape index (κ1) is 13.2. The Hall–Kier alpha value is -0.800. The number of rotatable bonds is 4. The molecule has 1 aromatic carbocycles. The Balaban J connectivity index is 1.83. The largest absolute Gasteiger partial charge is 0.485 e. The van der Waals surface area contributed by atoms with E-state index < -0.39 is 0 Å². The van der Waals surface area contributed by atoms with Crippen molar-refractivity contribution >= 4 is 11.6 Å². The van der Waals surface area contributed by atoms with Crippen LogP contribution in [0.5, 0.6) is 5.75 Å². The van der Waals surface area contributed by atoms with Crippen LogP contribution in [0.25, 0.3) is 0 Å². The maximum absolute atomic E-state index is 14.2. The molecule has 2 nitrogen and oxygen atoms in total. The summed E-state index contributed by atoms with van der Waals surface area (Å²) in [6.07, 6.45) is 3.58. The molecule has 1 aliphatic carbocycles. The highest BCUT2D eigenvalue weighted by Gasteiger charge is 2.40. The van der Waals surface area contributed by atoms with Crippen LogP contribution in [0.4, 0.5) is 4.39 Å². The first-order valence-electron chi connectivity index (χ1n) is 6.99.